The molecule has 39 heavy (non-hydrogen) atoms. The maximum Gasteiger partial charge on any atom is 0.251 e. The molecule has 0 fully saturated rings. The van der Waals surface area contributed by atoms with E-state index >= 15 is 0 Å². The third-order valence-corrected chi connectivity index (χ3v) is 6.38. The van der Waals surface area contributed by atoms with Gasteiger partial charge in [-0.1, -0.05) is 60.7 Å². The van der Waals surface area contributed by atoms with Crippen LogP contribution in [-0.2, 0) is 16.0 Å². The van der Waals surface area contributed by atoms with Gasteiger partial charge in [-0.2, -0.15) is 0 Å². The van der Waals surface area contributed by atoms with Crippen LogP contribution in [0.5, 0.6) is 11.5 Å². The topological polar surface area (TPSA) is 89.4 Å². The van der Waals surface area contributed by atoms with Crippen molar-refractivity contribution in [2.75, 3.05) is 33.0 Å². The Hall–Kier alpha value is -4.10. The number of hydrogen-bond donors (Lipinski definition) is 2. The fraction of sp³-hybridized carbons (Fsp3) is 0.312. The van der Waals surface area contributed by atoms with Gasteiger partial charge in [0.15, 0.2) is 5.54 Å². The van der Waals surface area contributed by atoms with Gasteiger partial charge in [0.05, 0.1) is 13.2 Å². The molecule has 7 heteroatoms. The molecular weight excluding hydrogens is 492 g/mol. The molecule has 1 atom stereocenters. The van der Waals surface area contributed by atoms with Crippen LogP contribution in [0.2, 0.25) is 0 Å². The number of aliphatic imine (C=N–C) groups is 1. The second kappa shape index (κ2) is 14.2. The number of aliphatic hydroxyl groups excluding tert-OH is 1. The van der Waals surface area contributed by atoms with E-state index in [0.29, 0.717) is 50.7 Å². The van der Waals surface area contributed by atoms with Crippen LogP contribution in [0.25, 0.3) is 6.08 Å². The zero-order valence-corrected chi connectivity index (χ0v) is 22.3. The van der Waals surface area contributed by atoms with E-state index in [1.54, 1.807) is 0 Å². The average Bonchev–Trinajstić information content (AvgIpc) is 3.41. The molecule has 0 spiro atoms. The third kappa shape index (κ3) is 7.71. The van der Waals surface area contributed by atoms with E-state index in [2.05, 4.69) is 5.32 Å². The molecule has 0 radical (unpaired) electrons. The maximum absolute atomic E-state index is 13.6. The number of aliphatic hydroxyl groups is 1. The average molecular weight is 529 g/mol. The number of carbonyl (C=O) groups excluding carboxylic acids is 1. The van der Waals surface area contributed by atoms with Crippen molar-refractivity contribution < 1.29 is 24.1 Å². The fourth-order valence-corrected chi connectivity index (χ4v) is 4.29. The van der Waals surface area contributed by atoms with Gasteiger partial charge in [0.1, 0.15) is 18.1 Å². The summed E-state index contributed by atoms with van der Waals surface area (Å²) < 4.78 is 17.3. The van der Waals surface area contributed by atoms with Crippen molar-refractivity contribution in [1.29, 1.82) is 0 Å². The number of para-hydroxylation sites is 1. The quantitative estimate of drug-likeness (QED) is 0.293. The molecule has 0 bridgehead atoms. The lowest BCUT2D eigenvalue weighted by atomic mass is 9.95. The molecule has 204 valence electrons. The van der Waals surface area contributed by atoms with Crippen molar-refractivity contribution in [2.45, 2.75) is 31.7 Å². The van der Waals surface area contributed by atoms with Crippen LogP contribution in [0, 0.1) is 0 Å². The number of nitrogens with one attached hydrogen (secondary N) is 1. The number of hydrogen-bond acceptors (Lipinski definition) is 6. The predicted octanol–water partition coefficient (Wildman–Crippen LogP) is 4.82. The van der Waals surface area contributed by atoms with Gasteiger partial charge in [0, 0.05) is 31.6 Å². The summed E-state index contributed by atoms with van der Waals surface area (Å²) in [5.41, 5.74) is 1.80. The minimum absolute atomic E-state index is 0.0879. The fourth-order valence-electron chi connectivity index (χ4n) is 4.29. The van der Waals surface area contributed by atoms with E-state index in [-0.39, 0.29) is 19.1 Å². The number of nitrogens with zero attached hydrogens (tertiary/aromatic N) is 1. The van der Waals surface area contributed by atoms with Crippen molar-refractivity contribution in [1.82, 2.24) is 5.32 Å². The Morgan fingerprint density at radius 3 is 2.59 bits per heavy atom. The van der Waals surface area contributed by atoms with E-state index in [4.69, 9.17) is 24.3 Å². The number of amides is 1. The molecule has 7 nitrogen and oxygen atoms in total. The zero-order chi connectivity index (χ0) is 27.3. The van der Waals surface area contributed by atoms with Gasteiger partial charge < -0.3 is 24.6 Å². The van der Waals surface area contributed by atoms with Crippen molar-refractivity contribution in [3.05, 3.63) is 102 Å². The van der Waals surface area contributed by atoms with Crippen LogP contribution in [0.3, 0.4) is 0 Å². The lowest BCUT2D eigenvalue weighted by molar-refractivity contribution is -0.126. The van der Waals surface area contributed by atoms with Crippen LogP contribution in [-0.4, -0.2) is 55.4 Å². The second-order valence-electron chi connectivity index (χ2n) is 9.25. The van der Waals surface area contributed by atoms with Crippen LogP contribution >= 0.6 is 0 Å². The van der Waals surface area contributed by atoms with Crippen molar-refractivity contribution in [2.24, 2.45) is 4.99 Å². The number of ether oxygens (including phenoxy) is 3. The molecule has 1 amide bonds. The summed E-state index contributed by atoms with van der Waals surface area (Å²) in [4.78, 5) is 18.4. The SMILES string of the molecule is CCOc1ccccc1CCNC(=O)[C@@]1(C/C=C/c2ccccc2)COC(c2ccc(OCCCO)cc2)=N1. The Morgan fingerprint density at radius 1 is 1.05 bits per heavy atom. The largest absolute Gasteiger partial charge is 0.494 e. The summed E-state index contributed by atoms with van der Waals surface area (Å²) in [5.74, 6) is 1.80. The Morgan fingerprint density at radius 2 is 1.82 bits per heavy atom. The highest BCUT2D eigenvalue weighted by molar-refractivity contribution is 6.00. The number of benzene rings is 3. The first-order valence-corrected chi connectivity index (χ1v) is 13.4. The number of carbonyl (C=O) groups is 1. The third-order valence-electron chi connectivity index (χ3n) is 6.38. The Labute approximate surface area is 230 Å². The smallest absolute Gasteiger partial charge is 0.251 e. The van der Waals surface area contributed by atoms with Gasteiger partial charge in [-0.15, -0.1) is 0 Å². The Balaban J connectivity index is 1.48. The van der Waals surface area contributed by atoms with Crippen LogP contribution in [0.1, 0.15) is 36.5 Å². The molecule has 0 unspecified atom stereocenters. The standard InChI is InChI=1S/C32H36N2O5/c1-2-37-29-14-7-6-13-26(29)19-21-33-31(36)32(20-8-12-25-10-4-3-5-11-25)24-39-30(34-32)27-15-17-28(18-16-27)38-23-9-22-35/h3-8,10-18,35H,2,9,19-24H2,1H3,(H,33,36)/b12-8+/t32-/m1/s1. The molecule has 3 aromatic carbocycles. The highest BCUT2D eigenvalue weighted by Crippen LogP contribution is 2.28. The molecule has 0 aliphatic carbocycles. The zero-order valence-electron chi connectivity index (χ0n) is 22.3. The Kier molecular flexibility index (Phi) is 10.1. The van der Waals surface area contributed by atoms with Gasteiger partial charge in [0.25, 0.3) is 5.91 Å². The van der Waals surface area contributed by atoms with Gasteiger partial charge in [-0.25, -0.2) is 4.99 Å². The van der Waals surface area contributed by atoms with Crippen LogP contribution in [0.15, 0.2) is 89.9 Å². The first-order chi connectivity index (χ1) is 19.1. The van der Waals surface area contributed by atoms with Crippen LogP contribution < -0.4 is 14.8 Å². The van der Waals surface area contributed by atoms with Crippen molar-refractivity contribution >= 4 is 17.9 Å². The molecule has 0 saturated carbocycles. The van der Waals surface area contributed by atoms with E-state index in [9.17, 15) is 4.79 Å². The van der Waals surface area contributed by atoms with Crippen molar-refractivity contribution in [3.63, 3.8) is 0 Å². The minimum atomic E-state index is -1.07. The van der Waals surface area contributed by atoms with Crippen molar-refractivity contribution in [3.8, 4) is 11.5 Å². The summed E-state index contributed by atoms with van der Waals surface area (Å²) in [6.45, 7) is 3.68. The molecule has 0 saturated heterocycles. The summed E-state index contributed by atoms with van der Waals surface area (Å²) >= 11 is 0. The highest BCUT2D eigenvalue weighted by atomic mass is 16.5. The van der Waals surface area contributed by atoms with E-state index in [0.717, 1.165) is 22.4 Å². The molecule has 1 heterocycles. The number of rotatable bonds is 14. The molecular formula is C32H36N2O5. The first-order valence-electron chi connectivity index (χ1n) is 13.4. The van der Waals surface area contributed by atoms with E-state index in [1.807, 2.05) is 97.9 Å². The minimum Gasteiger partial charge on any atom is -0.494 e. The van der Waals surface area contributed by atoms with Gasteiger partial charge >= 0.3 is 0 Å². The van der Waals surface area contributed by atoms with Gasteiger partial charge in [0.2, 0.25) is 5.90 Å². The summed E-state index contributed by atoms with van der Waals surface area (Å²) in [7, 11) is 0. The molecule has 3 aromatic rings. The lowest BCUT2D eigenvalue weighted by Crippen LogP contribution is -2.47. The van der Waals surface area contributed by atoms with Gasteiger partial charge in [-0.05, 0) is 54.8 Å². The highest BCUT2D eigenvalue weighted by Gasteiger charge is 2.43. The summed E-state index contributed by atoms with van der Waals surface area (Å²) in [6.07, 6.45) is 5.59. The van der Waals surface area contributed by atoms with Crippen LogP contribution in [0.4, 0.5) is 0 Å². The second-order valence-corrected chi connectivity index (χ2v) is 9.25. The lowest BCUT2D eigenvalue weighted by Gasteiger charge is -2.22. The molecule has 1 aliphatic heterocycles. The van der Waals surface area contributed by atoms with E-state index in [1.165, 1.54) is 0 Å². The molecule has 2 N–H and O–H groups in total. The predicted molar refractivity (Wildman–Crippen MR) is 153 cm³/mol. The summed E-state index contributed by atoms with van der Waals surface area (Å²) in [5, 5.41) is 12.0. The molecule has 0 aromatic heterocycles. The van der Waals surface area contributed by atoms with Gasteiger partial charge in [-0.3, -0.25) is 4.79 Å². The molecule has 1 aliphatic rings. The van der Waals surface area contributed by atoms with E-state index < -0.39 is 5.54 Å². The summed E-state index contributed by atoms with van der Waals surface area (Å²) in [6, 6.07) is 25.3. The first kappa shape index (κ1) is 27.9. The Bertz CT molecular complexity index is 1260. The maximum atomic E-state index is 13.6. The molecule has 4 rings (SSSR count). The normalized spacial score (nSPS) is 16.5. The monoisotopic (exact) mass is 528 g/mol.